The van der Waals surface area contributed by atoms with Gasteiger partial charge in [0.05, 0.1) is 6.61 Å². The molecule has 1 N–H and O–H groups in total. The monoisotopic (exact) mass is 413 g/mol. The number of hydrogen-bond donors (Lipinski definition) is 1. The summed E-state index contributed by atoms with van der Waals surface area (Å²) in [6, 6.07) is 9.21. The maximum absolute atomic E-state index is 13.2. The van der Waals surface area contributed by atoms with Crippen LogP contribution < -0.4 is 14.8 Å². The second-order valence-electron chi connectivity index (χ2n) is 6.98. The predicted octanol–water partition coefficient (Wildman–Crippen LogP) is 4.13. The SMILES string of the molecule is CCOc1cc2c(cc1/C=C/C(=O)O[C@H](C)C(=O)Nc1cccc(F)c1)O[C@@H](C)C2. The minimum Gasteiger partial charge on any atom is -0.493 e. The molecular formula is C23H24FNO5. The standard InChI is InChI=1S/C23H24FNO5/c1-4-28-20-12-17-10-14(2)29-21(17)11-16(20)8-9-22(26)30-15(3)23(27)25-19-7-5-6-18(24)13-19/h5-9,11-15H,4,10H2,1-3H3,(H,25,27)/b9-8+/t14-,15+/m0/s1. The van der Waals surface area contributed by atoms with Gasteiger partial charge >= 0.3 is 5.97 Å². The highest BCUT2D eigenvalue weighted by Gasteiger charge is 2.21. The molecule has 1 aliphatic rings. The van der Waals surface area contributed by atoms with Crippen molar-refractivity contribution < 1.29 is 28.2 Å². The molecule has 2 atom stereocenters. The van der Waals surface area contributed by atoms with E-state index < -0.39 is 23.8 Å². The van der Waals surface area contributed by atoms with E-state index in [4.69, 9.17) is 14.2 Å². The molecule has 0 radical (unpaired) electrons. The molecule has 0 saturated heterocycles. The molecule has 0 unspecified atom stereocenters. The van der Waals surface area contributed by atoms with E-state index in [9.17, 15) is 14.0 Å². The fourth-order valence-corrected chi connectivity index (χ4v) is 3.10. The Bertz CT molecular complexity index is 972. The van der Waals surface area contributed by atoms with E-state index in [0.29, 0.717) is 17.9 Å². The van der Waals surface area contributed by atoms with Crippen molar-refractivity contribution in [3.8, 4) is 11.5 Å². The van der Waals surface area contributed by atoms with E-state index in [0.717, 1.165) is 17.7 Å². The van der Waals surface area contributed by atoms with E-state index in [1.807, 2.05) is 26.0 Å². The molecule has 0 aromatic heterocycles. The summed E-state index contributed by atoms with van der Waals surface area (Å²) in [5, 5.41) is 2.50. The number of anilines is 1. The lowest BCUT2D eigenvalue weighted by molar-refractivity contribution is -0.148. The van der Waals surface area contributed by atoms with Gasteiger partial charge in [-0.3, -0.25) is 4.79 Å². The van der Waals surface area contributed by atoms with Crippen molar-refractivity contribution in [2.75, 3.05) is 11.9 Å². The molecule has 0 fully saturated rings. The summed E-state index contributed by atoms with van der Waals surface area (Å²) in [7, 11) is 0. The van der Waals surface area contributed by atoms with Crippen LogP contribution >= 0.6 is 0 Å². The normalized spacial score (nSPS) is 15.9. The molecule has 0 aliphatic carbocycles. The summed E-state index contributed by atoms with van der Waals surface area (Å²) in [6.45, 7) is 5.80. The van der Waals surface area contributed by atoms with Crippen LogP contribution in [-0.4, -0.2) is 30.7 Å². The third-order valence-corrected chi connectivity index (χ3v) is 4.48. The maximum Gasteiger partial charge on any atom is 0.331 e. The van der Waals surface area contributed by atoms with Gasteiger partial charge in [-0.05, 0) is 57.2 Å². The lowest BCUT2D eigenvalue weighted by Crippen LogP contribution is -2.29. The van der Waals surface area contributed by atoms with E-state index in [1.54, 1.807) is 12.1 Å². The van der Waals surface area contributed by atoms with Crippen LogP contribution in [0.3, 0.4) is 0 Å². The van der Waals surface area contributed by atoms with E-state index >= 15 is 0 Å². The highest BCUT2D eigenvalue weighted by atomic mass is 19.1. The van der Waals surface area contributed by atoms with E-state index in [1.165, 1.54) is 31.2 Å². The zero-order chi connectivity index (χ0) is 21.7. The quantitative estimate of drug-likeness (QED) is 0.546. The summed E-state index contributed by atoms with van der Waals surface area (Å²) >= 11 is 0. The summed E-state index contributed by atoms with van der Waals surface area (Å²) in [6.07, 6.45) is 2.64. The highest BCUT2D eigenvalue weighted by molar-refractivity contribution is 5.96. The summed E-state index contributed by atoms with van der Waals surface area (Å²) in [4.78, 5) is 24.3. The van der Waals surface area contributed by atoms with Gasteiger partial charge < -0.3 is 19.5 Å². The third-order valence-electron chi connectivity index (χ3n) is 4.48. The lowest BCUT2D eigenvalue weighted by Gasteiger charge is -2.13. The van der Waals surface area contributed by atoms with Crippen molar-refractivity contribution >= 4 is 23.6 Å². The smallest absolute Gasteiger partial charge is 0.331 e. The fraction of sp³-hybridized carbons (Fsp3) is 0.304. The second-order valence-corrected chi connectivity index (χ2v) is 6.98. The van der Waals surface area contributed by atoms with Crippen LogP contribution in [-0.2, 0) is 20.7 Å². The first-order valence-corrected chi connectivity index (χ1v) is 9.77. The molecule has 0 spiro atoms. The largest absolute Gasteiger partial charge is 0.493 e. The van der Waals surface area contributed by atoms with Crippen molar-refractivity contribution in [2.24, 2.45) is 0 Å². The molecule has 3 rings (SSSR count). The Kier molecular flexibility index (Phi) is 6.72. The summed E-state index contributed by atoms with van der Waals surface area (Å²) in [5.41, 5.74) is 2.03. The summed E-state index contributed by atoms with van der Waals surface area (Å²) in [5.74, 6) is -0.304. The minimum atomic E-state index is -1.05. The van der Waals surface area contributed by atoms with E-state index in [2.05, 4.69) is 5.32 Å². The van der Waals surface area contributed by atoms with Crippen molar-refractivity contribution in [2.45, 2.75) is 39.4 Å². The predicted molar refractivity (Wildman–Crippen MR) is 111 cm³/mol. The van der Waals surface area contributed by atoms with Gasteiger partial charge in [0.15, 0.2) is 6.10 Å². The zero-order valence-electron chi connectivity index (χ0n) is 17.1. The molecule has 1 aliphatic heterocycles. The Balaban J connectivity index is 1.64. The van der Waals surface area contributed by atoms with Gasteiger partial charge in [0.25, 0.3) is 5.91 Å². The number of carbonyl (C=O) groups excluding carboxylic acids is 2. The number of nitrogens with one attached hydrogen (secondary N) is 1. The van der Waals surface area contributed by atoms with Gasteiger partial charge in [-0.2, -0.15) is 0 Å². The maximum atomic E-state index is 13.2. The van der Waals surface area contributed by atoms with Crippen molar-refractivity contribution in [1.82, 2.24) is 0 Å². The van der Waals surface area contributed by atoms with E-state index in [-0.39, 0.29) is 11.8 Å². The number of hydrogen-bond acceptors (Lipinski definition) is 5. The number of halogens is 1. The average molecular weight is 413 g/mol. The van der Waals surface area contributed by atoms with Gasteiger partial charge in [-0.25, -0.2) is 9.18 Å². The molecule has 0 bridgehead atoms. The Hall–Kier alpha value is -3.35. The second kappa shape index (κ2) is 9.43. The molecule has 0 saturated carbocycles. The number of carbonyl (C=O) groups is 2. The molecule has 1 amide bonds. The fourth-order valence-electron chi connectivity index (χ4n) is 3.10. The van der Waals surface area contributed by atoms with Crippen LogP contribution in [0.1, 0.15) is 31.9 Å². The van der Waals surface area contributed by atoms with Crippen molar-refractivity contribution in [3.63, 3.8) is 0 Å². The van der Waals surface area contributed by atoms with Gasteiger partial charge in [0.2, 0.25) is 0 Å². The Morgan fingerprint density at radius 3 is 2.87 bits per heavy atom. The lowest BCUT2D eigenvalue weighted by atomic mass is 10.1. The van der Waals surface area contributed by atoms with Crippen LogP contribution in [0, 0.1) is 5.82 Å². The molecule has 2 aromatic rings. The minimum absolute atomic E-state index is 0.0936. The highest BCUT2D eigenvalue weighted by Crippen LogP contribution is 2.35. The topological polar surface area (TPSA) is 73.9 Å². The number of fused-ring (bicyclic) bond motifs is 1. The first-order valence-electron chi connectivity index (χ1n) is 9.77. The van der Waals surface area contributed by atoms with Crippen LogP contribution in [0.2, 0.25) is 0 Å². The molecule has 158 valence electrons. The number of ether oxygens (including phenoxy) is 3. The van der Waals surface area contributed by atoms with Crippen LogP contribution in [0.5, 0.6) is 11.5 Å². The van der Waals surface area contributed by atoms with Gasteiger partial charge in [0.1, 0.15) is 23.4 Å². The number of rotatable bonds is 7. The molecule has 7 heteroatoms. The van der Waals surface area contributed by atoms with Crippen molar-refractivity contribution in [3.05, 3.63) is 59.4 Å². The Labute approximate surface area is 174 Å². The van der Waals surface area contributed by atoms with Gasteiger partial charge in [0, 0.05) is 29.3 Å². The Morgan fingerprint density at radius 2 is 2.13 bits per heavy atom. The average Bonchev–Trinajstić information content (AvgIpc) is 3.05. The first-order chi connectivity index (χ1) is 14.4. The number of amides is 1. The molecular weight excluding hydrogens is 389 g/mol. The molecule has 2 aromatic carbocycles. The van der Waals surface area contributed by atoms with Gasteiger partial charge in [-0.15, -0.1) is 0 Å². The number of esters is 1. The zero-order valence-corrected chi connectivity index (χ0v) is 17.1. The molecule has 30 heavy (non-hydrogen) atoms. The summed E-state index contributed by atoms with van der Waals surface area (Å²) < 4.78 is 29.8. The van der Waals surface area contributed by atoms with Crippen molar-refractivity contribution in [1.29, 1.82) is 0 Å². The van der Waals surface area contributed by atoms with Gasteiger partial charge in [-0.1, -0.05) is 6.07 Å². The Morgan fingerprint density at radius 1 is 1.33 bits per heavy atom. The molecule has 1 heterocycles. The third kappa shape index (κ3) is 5.37. The first kappa shape index (κ1) is 21.4. The van der Waals surface area contributed by atoms with Crippen LogP contribution in [0.25, 0.3) is 6.08 Å². The number of benzene rings is 2. The van der Waals surface area contributed by atoms with Crippen LogP contribution in [0.4, 0.5) is 10.1 Å². The molecule has 6 nitrogen and oxygen atoms in total. The van der Waals surface area contributed by atoms with Crippen LogP contribution in [0.15, 0.2) is 42.5 Å².